The molecule has 3 aromatic rings. The number of nitrogens with one attached hydrogen (secondary N) is 2. The first kappa shape index (κ1) is 20.7. The van der Waals surface area contributed by atoms with Gasteiger partial charge in [-0.25, -0.2) is 4.98 Å². The van der Waals surface area contributed by atoms with Gasteiger partial charge in [0.1, 0.15) is 6.04 Å². The summed E-state index contributed by atoms with van der Waals surface area (Å²) < 4.78 is 1.96. The molecule has 0 bridgehead atoms. The van der Waals surface area contributed by atoms with Gasteiger partial charge < -0.3 is 15.2 Å². The highest BCUT2D eigenvalue weighted by molar-refractivity contribution is 5.97. The largest absolute Gasteiger partial charge is 0.350 e. The molecule has 1 heterocycles. The monoisotopic (exact) mass is 407 g/mol. The summed E-state index contributed by atoms with van der Waals surface area (Å²) in [7, 11) is 0. The number of benzene rings is 2. The number of carbonyl (C=O) groups is 2. The molecule has 30 heavy (non-hydrogen) atoms. The third-order valence-corrected chi connectivity index (χ3v) is 4.47. The minimum absolute atomic E-state index is 0.123. The van der Waals surface area contributed by atoms with Gasteiger partial charge in [-0.1, -0.05) is 30.3 Å². The predicted molar refractivity (Wildman–Crippen MR) is 110 cm³/mol. The molecular formula is C21H21N5O4. The maximum Gasteiger partial charge on any atom is 0.270 e. The molecule has 0 radical (unpaired) electrons. The number of hydrogen-bond acceptors (Lipinski definition) is 5. The van der Waals surface area contributed by atoms with Gasteiger partial charge in [-0.05, 0) is 24.1 Å². The van der Waals surface area contributed by atoms with Crippen molar-refractivity contribution in [3.8, 4) is 0 Å². The van der Waals surface area contributed by atoms with Gasteiger partial charge in [0, 0.05) is 43.2 Å². The van der Waals surface area contributed by atoms with Crippen molar-refractivity contribution >= 4 is 17.5 Å². The molecule has 0 saturated carbocycles. The molecule has 9 heteroatoms. The van der Waals surface area contributed by atoms with Crippen molar-refractivity contribution in [2.24, 2.45) is 0 Å². The summed E-state index contributed by atoms with van der Waals surface area (Å²) in [6.45, 7) is 2.59. The van der Waals surface area contributed by atoms with Gasteiger partial charge >= 0.3 is 0 Å². The minimum atomic E-state index is -0.794. The number of carbonyl (C=O) groups excluding carboxylic acids is 2. The van der Waals surface area contributed by atoms with Crippen LogP contribution in [0.1, 0.15) is 28.4 Å². The Morgan fingerprint density at radius 2 is 1.90 bits per heavy atom. The number of nitro benzene ring substituents is 1. The smallest absolute Gasteiger partial charge is 0.270 e. The van der Waals surface area contributed by atoms with Crippen LogP contribution in [0.15, 0.2) is 67.3 Å². The SMILES string of the molecule is CC(NC(=O)c1cccc([N+](=O)[O-])c1)C(=O)NCc1ccc(Cn2ccnc2)cc1. The summed E-state index contributed by atoms with van der Waals surface area (Å²) in [5.74, 6) is -0.901. The number of hydrogen-bond donors (Lipinski definition) is 2. The van der Waals surface area contributed by atoms with Crippen LogP contribution in [0, 0.1) is 10.1 Å². The van der Waals surface area contributed by atoms with Crippen LogP contribution < -0.4 is 10.6 Å². The first-order valence-corrected chi connectivity index (χ1v) is 9.29. The number of imidazole rings is 1. The summed E-state index contributed by atoms with van der Waals surface area (Å²) in [4.78, 5) is 38.8. The first-order valence-electron chi connectivity index (χ1n) is 9.29. The topological polar surface area (TPSA) is 119 Å². The van der Waals surface area contributed by atoms with E-state index in [2.05, 4.69) is 15.6 Å². The van der Waals surface area contributed by atoms with Crippen LogP contribution in [0.2, 0.25) is 0 Å². The van der Waals surface area contributed by atoms with Gasteiger partial charge in [-0.2, -0.15) is 0 Å². The molecule has 2 N–H and O–H groups in total. The van der Waals surface area contributed by atoms with E-state index in [1.54, 1.807) is 19.4 Å². The van der Waals surface area contributed by atoms with E-state index in [0.717, 1.165) is 11.1 Å². The van der Waals surface area contributed by atoms with Crippen LogP contribution in [-0.4, -0.2) is 32.3 Å². The van der Waals surface area contributed by atoms with E-state index in [9.17, 15) is 19.7 Å². The van der Waals surface area contributed by atoms with E-state index in [1.807, 2.05) is 35.0 Å². The lowest BCUT2D eigenvalue weighted by Crippen LogP contribution is -2.44. The van der Waals surface area contributed by atoms with Gasteiger partial charge in [0.25, 0.3) is 11.6 Å². The highest BCUT2D eigenvalue weighted by atomic mass is 16.6. The Labute approximate surface area is 172 Å². The van der Waals surface area contributed by atoms with Gasteiger partial charge in [0.2, 0.25) is 5.91 Å². The molecule has 9 nitrogen and oxygen atoms in total. The number of non-ortho nitro benzene ring substituents is 1. The van der Waals surface area contributed by atoms with Crippen molar-refractivity contribution in [3.63, 3.8) is 0 Å². The molecule has 1 aromatic heterocycles. The normalized spacial score (nSPS) is 11.5. The van der Waals surface area contributed by atoms with Gasteiger partial charge in [0.15, 0.2) is 0 Å². The van der Waals surface area contributed by atoms with Crippen molar-refractivity contribution in [1.82, 2.24) is 20.2 Å². The molecular weight excluding hydrogens is 386 g/mol. The highest BCUT2D eigenvalue weighted by Crippen LogP contribution is 2.13. The molecule has 0 aliphatic carbocycles. The fourth-order valence-electron chi connectivity index (χ4n) is 2.80. The Morgan fingerprint density at radius 3 is 2.57 bits per heavy atom. The highest BCUT2D eigenvalue weighted by Gasteiger charge is 2.18. The maximum absolute atomic E-state index is 12.3. The van der Waals surface area contributed by atoms with Crippen molar-refractivity contribution in [2.45, 2.75) is 26.1 Å². The second-order valence-corrected chi connectivity index (χ2v) is 6.77. The average Bonchev–Trinajstić information content (AvgIpc) is 3.26. The quantitative estimate of drug-likeness (QED) is 0.439. The number of aromatic nitrogens is 2. The first-order chi connectivity index (χ1) is 14.4. The second kappa shape index (κ2) is 9.46. The van der Waals surface area contributed by atoms with E-state index in [4.69, 9.17) is 0 Å². The van der Waals surface area contributed by atoms with E-state index in [1.165, 1.54) is 24.3 Å². The molecule has 1 unspecified atom stereocenters. The van der Waals surface area contributed by atoms with E-state index in [-0.39, 0.29) is 17.2 Å². The van der Waals surface area contributed by atoms with Crippen LogP contribution in [-0.2, 0) is 17.9 Å². The molecule has 0 aliphatic heterocycles. The maximum atomic E-state index is 12.3. The summed E-state index contributed by atoms with van der Waals surface area (Å²) in [6, 6.07) is 12.4. The van der Waals surface area contributed by atoms with Gasteiger partial charge in [-0.15, -0.1) is 0 Å². The molecule has 0 aliphatic rings. The van der Waals surface area contributed by atoms with Crippen molar-refractivity contribution in [2.75, 3.05) is 0 Å². The summed E-state index contributed by atoms with van der Waals surface area (Å²) in [5.41, 5.74) is 1.98. The third-order valence-electron chi connectivity index (χ3n) is 4.47. The molecule has 0 saturated heterocycles. The lowest BCUT2D eigenvalue weighted by Gasteiger charge is -2.14. The Hall–Kier alpha value is -4.01. The van der Waals surface area contributed by atoms with Crippen molar-refractivity contribution < 1.29 is 14.5 Å². The molecule has 154 valence electrons. The zero-order valence-electron chi connectivity index (χ0n) is 16.3. The number of nitro groups is 1. The van der Waals surface area contributed by atoms with Crippen LogP contribution in [0.4, 0.5) is 5.69 Å². The lowest BCUT2D eigenvalue weighted by atomic mass is 10.1. The number of amides is 2. The third kappa shape index (κ3) is 5.51. The zero-order valence-corrected chi connectivity index (χ0v) is 16.3. The molecule has 0 spiro atoms. The van der Waals surface area contributed by atoms with Crippen molar-refractivity contribution in [3.05, 3.63) is 94.1 Å². The van der Waals surface area contributed by atoms with E-state index >= 15 is 0 Å². The zero-order chi connectivity index (χ0) is 21.5. The fraction of sp³-hybridized carbons (Fsp3) is 0.190. The van der Waals surface area contributed by atoms with Crippen molar-refractivity contribution in [1.29, 1.82) is 0 Å². The Bertz CT molecular complexity index is 1030. The predicted octanol–water partition coefficient (Wildman–Crippen LogP) is 2.27. The standard InChI is InChI=1S/C21H21N5O4/c1-15(24-21(28)18-3-2-4-19(11-18)26(29)30)20(27)23-12-16-5-7-17(8-6-16)13-25-10-9-22-14-25/h2-11,14-15H,12-13H2,1H3,(H,23,27)(H,24,28). The molecule has 0 fully saturated rings. The Morgan fingerprint density at radius 1 is 1.17 bits per heavy atom. The second-order valence-electron chi connectivity index (χ2n) is 6.77. The molecule has 3 rings (SSSR count). The Balaban J connectivity index is 1.50. The van der Waals surface area contributed by atoms with Crippen LogP contribution in [0.5, 0.6) is 0 Å². The van der Waals surface area contributed by atoms with Gasteiger partial charge in [0.05, 0.1) is 11.3 Å². The summed E-state index contributed by atoms with van der Waals surface area (Å²) in [5, 5.41) is 16.2. The van der Waals surface area contributed by atoms with E-state index in [0.29, 0.717) is 13.1 Å². The minimum Gasteiger partial charge on any atom is -0.350 e. The van der Waals surface area contributed by atoms with Gasteiger partial charge in [-0.3, -0.25) is 19.7 Å². The Kier molecular flexibility index (Phi) is 6.53. The number of nitrogens with zero attached hydrogens (tertiary/aromatic N) is 3. The average molecular weight is 407 g/mol. The van der Waals surface area contributed by atoms with Crippen LogP contribution >= 0.6 is 0 Å². The lowest BCUT2D eigenvalue weighted by molar-refractivity contribution is -0.384. The summed E-state index contributed by atoms with van der Waals surface area (Å²) in [6.07, 6.45) is 5.36. The van der Waals surface area contributed by atoms with Crippen LogP contribution in [0.25, 0.3) is 0 Å². The molecule has 1 atom stereocenters. The number of rotatable bonds is 8. The fourth-order valence-corrected chi connectivity index (χ4v) is 2.80. The molecule has 2 amide bonds. The van der Waals surface area contributed by atoms with E-state index < -0.39 is 16.9 Å². The van der Waals surface area contributed by atoms with Crippen LogP contribution in [0.3, 0.4) is 0 Å². The summed E-state index contributed by atoms with van der Waals surface area (Å²) >= 11 is 0. The molecule has 2 aromatic carbocycles.